The molecule has 0 aliphatic heterocycles. The zero-order valence-electron chi connectivity index (χ0n) is 8.49. The van der Waals surface area contributed by atoms with Crippen LogP contribution in [0, 0.1) is 9.54 Å². The molecule has 2 heterocycles. The Balaban J connectivity index is 2.25. The molecule has 2 aromatic heterocycles. The molecule has 2 aromatic rings. The van der Waals surface area contributed by atoms with Crippen LogP contribution in [0.5, 0.6) is 0 Å². The van der Waals surface area contributed by atoms with Gasteiger partial charge < -0.3 is 16.8 Å². The Labute approximate surface area is 105 Å². The van der Waals surface area contributed by atoms with E-state index in [1.807, 2.05) is 0 Å². The van der Waals surface area contributed by atoms with Gasteiger partial charge in [-0.2, -0.15) is 10.2 Å². The molecule has 0 bridgehead atoms. The normalized spacial score (nSPS) is 12.8. The Bertz CT molecular complexity index is 635. The molecule has 1 unspecified atom stereocenters. The first-order chi connectivity index (χ1) is 8.00. The van der Waals surface area contributed by atoms with E-state index in [1.54, 1.807) is 0 Å². The first kappa shape index (κ1) is 11.8. The van der Waals surface area contributed by atoms with E-state index in [4.69, 9.17) is 36.1 Å². The van der Waals surface area contributed by atoms with Crippen LogP contribution in [0.25, 0.3) is 0 Å². The maximum atomic E-state index is 9.92. The maximum Gasteiger partial charge on any atom is 0.214 e. The zero-order chi connectivity index (χ0) is 12.6. The highest BCUT2D eigenvalue weighted by molar-refractivity contribution is 7.71. The zero-order valence-corrected chi connectivity index (χ0v) is 10.1. The largest absolute Gasteiger partial charge is 0.385 e. The lowest BCUT2D eigenvalue weighted by Gasteiger charge is -2.08. The van der Waals surface area contributed by atoms with Crippen LogP contribution in [0.4, 0.5) is 0 Å². The van der Waals surface area contributed by atoms with Gasteiger partial charge in [-0.05, 0) is 24.4 Å². The van der Waals surface area contributed by atoms with E-state index in [1.165, 1.54) is 4.68 Å². The number of aliphatic hydroxyl groups excluding tert-OH is 1. The second-order valence-corrected chi connectivity index (χ2v) is 4.07. The standard InChI is InChI=1S/C6H10N8OS2/c7-13-3(9-11-5(13)16)1-2(15)4-10-12-6(17)14(4)8/h2,15H,1,7-8H2,(H,11,16)(H,12,17). The average molecular weight is 274 g/mol. The fourth-order valence-electron chi connectivity index (χ4n) is 1.30. The number of nitrogens with one attached hydrogen (secondary N) is 2. The van der Waals surface area contributed by atoms with Gasteiger partial charge in [-0.3, -0.25) is 10.2 Å². The second-order valence-electron chi connectivity index (χ2n) is 3.29. The van der Waals surface area contributed by atoms with Gasteiger partial charge in [0.25, 0.3) is 0 Å². The van der Waals surface area contributed by atoms with Gasteiger partial charge in [0.15, 0.2) is 11.6 Å². The summed E-state index contributed by atoms with van der Waals surface area (Å²) in [5, 5.41) is 22.6. The number of nitrogen functional groups attached to an aromatic ring is 2. The number of aliphatic hydroxyl groups is 1. The third-order valence-electron chi connectivity index (χ3n) is 2.18. The molecule has 17 heavy (non-hydrogen) atoms. The van der Waals surface area contributed by atoms with E-state index in [0.717, 1.165) is 4.68 Å². The third kappa shape index (κ3) is 2.07. The number of nitrogens with two attached hydrogens (primary N) is 2. The van der Waals surface area contributed by atoms with Crippen molar-refractivity contribution in [2.24, 2.45) is 0 Å². The van der Waals surface area contributed by atoms with Crippen LogP contribution in [0.2, 0.25) is 0 Å². The molecular formula is C6H10N8OS2. The molecule has 1 atom stereocenters. The summed E-state index contributed by atoms with van der Waals surface area (Å²) >= 11 is 9.67. The number of aromatic nitrogens is 6. The summed E-state index contributed by atoms with van der Waals surface area (Å²) in [6, 6.07) is 0. The van der Waals surface area contributed by atoms with E-state index in [9.17, 15) is 5.11 Å². The first-order valence-corrected chi connectivity index (χ1v) is 5.34. The quantitative estimate of drug-likeness (QED) is 0.353. The van der Waals surface area contributed by atoms with Crippen LogP contribution >= 0.6 is 24.4 Å². The number of hydrogen-bond donors (Lipinski definition) is 5. The molecule has 2 rings (SSSR count). The van der Waals surface area contributed by atoms with Crippen LogP contribution in [-0.4, -0.2) is 34.9 Å². The molecule has 0 aliphatic carbocycles. The molecule has 92 valence electrons. The summed E-state index contributed by atoms with van der Waals surface area (Å²) in [6.45, 7) is 0. The molecule has 0 aromatic carbocycles. The summed E-state index contributed by atoms with van der Waals surface area (Å²) in [7, 11) is 0. The van der Waals surface area contributed by atoms with Gasteiger partial charge in [0.2, 0.25) is 9.54 Å². The van der Waals surface area contributed by atoms with Crippen molar-refractivity contribution in [3.8, 4) is 0 Å². The summed E-state index contributed by atoms with van der Waals surface area (Å²) in [6.07, 6.45) is -0.874. The van der Waals surface area contributed by atoms with Gasteiger partial charge in [0, 0.05) is 6.42 Å². The highest BCUT2D eigenvalue weighted by atomic mass is 32.1. The van der Waals surface area contributed by atoms with E-state index in [0.29, 0.717) is 5.82 Å². The molecule has 0 saturated heterocycles. The summed E-state index contributed by atoms with van der Waals surface area (Å²) in [4.78, 5) is 0. The summed E-state index contributed by atoms with van der Waals surface area (Å²) in [5.41, 5.74) is 0. The van der Waals surface area contributed by atoms with E-state index < -0.39 is 6.10 Å². The van der Waals surface area contributed by atoms with Crippen LogP contribution in [0.1, 0.15) is 17.8 Å². The van der Waals surface area contributed by atoms with Crippen LogP contribution in [0.3, 0.4) is 0 Å². The topological polar surface area (TPSA) is 139 Å². The predicted octanol–water partition coefficient (Wildman–Crippen LogP) is -1.10. The monoisotopic (exact) mass is 274 g/mol. The third-order valence-corrected chi connectivity index (χ3v) is 2.76. The average Bonchev–Trinajstić information content (AvgIpc) is 2.77. The molecule has 0 radical (unpaired) electrons. The molecule has 9 nitrogen and oxygen atoms in total. The van der Waals surface area contributed by atoms with Crippen molar-refractivity contribution in [3.63, 3.8) is 0 Å². The molecule has 0 saturated carbocycles. The number of hydrogen-bond acceptors (Lipinski definition) is 7. The van der Waals surface area contributed by atoms with Crippen molar-refractivity contribution >= 4 is 24.4 Å². The first-order valence-electron chi connectivity index (χ1n) is 4.52. The van der Waals surface area contributed by atoms with Crippen LogP contribution in [-0.2, 0) is 6.42 Å². The van der Waals surface area contributed by atoms with E-state index in [2.05, 4.69) is 20.4 Å². The number of H-pyrrole nitrogens is 2. The summed E-state index contributed by atoms with van der Waals surface area (Å²) in [5.74, 6) is 11.7. The van der Waals surface area contributed by atoms with Crippen molar-refractivity contribution in [2.75, 3.05) is 11.7 Å². The van der Waals surface area contributed by atoms with Gasteiger partial charge in [-0.15, -0.1) is 0 Å². The van der Waals surface area contributed by atoms with Crippen molar-refractivity contribution in [1.82, 2.24) is 29.7 Å². The van der Waals surface area contributed by atoms with Crippen LogP contribution in [0.15, 0.2) is 0 Å². The van der Waals surface area contributed by atoms with Crippen molar-refractivity contribution < 1.29 is 5.11 Å². The Hall–Kier alpha value is -1.72. The lowest BCUT2D eigenvalue weighted by atomic mass is 10.2. The molecule has 0 aliphatic rings. The second kappa shape index (κ2) is 4.27. The lowest BCUT2D eigenvalue weighted by Crippen LogP contribution is -2.20. The SMILES string of the molecule is Nn1c(CC(O)c2n[nH]c(=S)n2N)n[nH]c1=S. The fraction of sp³-hybridized carbons (Fsp3) is 0.333. The van der Waals surface area contributed by atoms with Crippen LogP contribution < -0.4 is 11.7 Å². The van der Waals surface area contributed by atoms with Gasteiger partial charge in [0.1, 0.15) is 6.10 Å². The Morgan fingerprint density at radius 3 is 2.24 bits per heavy atom. The Morgan fingerprint density at radius 1 is 1.18 bits per heavy atom. The minimum absolute atomic E-state index is 0.112. The van der Waals surface area contributed by atoms with E-state index >= 15 is 0 Å². The van der Waals surface area contributed by atoms with E-state index in [-0.39, 0.29) is 21.8 Å². The van der Waals surface area contributed by atoms with Crippen molar-refractivity contribution in [1.29, 1.82) is 0 Å². The van der Waals surface area contributed by atoms with Gasteiger partial charge in [-0.1, -0.05) is 0 Å². The number of nitrogens with zero attached hydrogens (tertiary/aromatic N) is 4. The fourth-order valence-corrected chi connectivity index (χ4v) is 1.59. The smallest absolute Gasteiger partial charge is 0.214 e. The molecule has 7 N–H and O–H groups in total. The number of rotatable bonds is 3. The minimum atomic E-state index is -0.986. The van der Waals surface area contributed by atoms with Gasteiger partial charge >= 0.3 is 0 Å². The maximum absolute atomic E-state index is 9.92. The lowest BCUT2D eigenvalue weighted by molar-refractivity contribution is 0.162. The molecule has 11 heteroatoms. The van der Waals surface area contributed by atoms with Gasteiger partial charge in [0.05, 0.1) is 0 Å². The highest BCUT2D eigenvalue weighted by Crippen LogP contribution is 2.13. The molecule has 0 amide bonds. The molecular weight excluding hydrogens is 264 g/mol. The predicted molar refractivity (Wildman–Crippen MR) is 63.8 cm³/mol. The number of aromatic amines is 2. The molecule has 0 fully saturated rings. The van der Waals surface area contributed by atoms with Gasteiger partial charge in [-0.25, -0.2) is 9.35 Å². The van der Waals surface area contributed by atoms with Crippen molar-refractivity contribution in [2.45, 2.75) is 12.5 Å². The van der Waals surface area contributed by atoms with Crippen molar-refractivity contribution in [3.05, 3.63) is 21.2 Å². The highest BCUT2D eigenvalue weighted by Gasteiger charge is 2.18. The molecule has 0 spiro atoms. The Morgan fingerprint density at radius 2 is 1.76 bits per heavy atom. The summed E-state index contributed by atoms with van der Waals surface area (Å²) < 4.78 is 2.73. The Kier molecular flexibility index (Phi) is 2.95. The minimum Gasteiger partial charge on any atom is -0.385 e.